The van der Waals surface area contributed by atoms with Crippen molar-refractivity contribution in [3.63, 3.8) is 0 Å². The van der Waals surface area contributed by atoms with Crippen LogP contribution in [0, 0.1) is 0 Å². The van der Waals surface area contributed by atoms with Gasteiger partial charge < -0.3 is 19.9 Å². The third-order valence-corrected chi connectivity index (χ3v) is 4.32. The lowest BCUT2D eigenvalue weighted by Gasteiger charge is -2.26. The molecule has 1 aromatic rings. The van der Waals surface area contributed by atoms with Gasteiger partial charge in [-0.05, 0) is 37.6 Å². The van der Waals surface area contributed by atoms with Crippen LogP contribution in [-0.2, 0) is 9.53 Å². The Kier molecular flexibility index (Phi) is 7.21. The number of ether oxygens (including phenoxy) is 2. The summed E-state index contributed by atoms with van der Waals surface area (Å²) in [4.78, 5) is 17.4. The maximum Gasteiger partial charge on any atom is 0.252 e. The molecule has 0 radical (unpaired) electrons. The molecule has 0 unspecified atom stereocenters. The number of carbonyl (C=O) groups is 1. The normalized spacial score (nSPS) is 21.7. The summed E-state index contributed by atoms with van der Waals surface area (Å²) in [5.74, 6) is 1.03. The van der Waals surface area contributed by atoms with Crippen molar-refractivity contribution in [2.45, 2.75) is 44.8 Å². The van der Waals surface area contributed by atoms with Crippen LogP contribution in [0.3, 0.4) is 0 Å². The Morgan fingerprint density at radius 1 is 1.46 bits per heavy atom. The van der Waals surface area contributed by atoms with Gasteiger partial charge in [-0.15, -0.1) is 6.58 Å². The van der Waals surface area contributed by atoms with Crippen LogP contribution < -0.4 is 10.1 Å². The van der Waals surface area contributed by atoms with Crippen LogP contribution in [0.25, 0.3) is 0 Å². The van der Waals surface area contributed by atoms with Gasteiger partial charge in [0.25, 0.3) is 5.91 Å². The van der Waals surface area contributed by atoms with E-state index < -0.39 is 5.54 Å². The number of amides is 1. The average Bonchev–Trinajstić information content (AvgIpc) is 2.98. The summed E-state index contributed by atoms with van der Waals surface area (Å²) in [7, 11) is 0. The predicted molar refractivity (Wildman–Crippen MR) is 102 cm³/mol. The Bertz CT molecular complexity index is 642. The number of aliphatic hydroxyl groups is 1. The fraction of sp³-hybridized carbons (Fsp3) is 0.500. The Labute approximate surface area is 154 Å². The van der Waals surface area contributed by atoms with Crippen LogP contribution in [0.1, 0.15) is 38.7 Å². The second-order valence-corrected chi connectivity index (χ2v) is 6.30. The van der Waals surface area contributed by atoms with Crippen molar-refractivity contribution >= 4 is 11.8 Å². The summed E-state index contributed by atoms with van der Waals surface area (Å²) in [5, 5.41) is 11.7. The average molecular weight is 360 g/mol. The summed E-state index contributed by atoms with van der Waals surface area (Å²) in [6.07, 6.45) is 3.18. The molecule has 1 amide bonds. The van der Waals surface area contributed by atoms with E-state index in [-0.39, 0.29) is 18.6 Å². The molecule has 0 bridgehead atoms. The fourth-order valence-electron chi connectivity index (χ4n) is 2.80. The molecule has 1 aliphatic rings. The Morgan fingerprint density at radius 2 is 2.19 bits per heavy atom. The Morgan fingerprint density at radius 3 is 2.81 bits per heavy atom. The van der Waals surface area contributed by atoms with E-state index in [1.807, 2.05) is 38.1 Å². The van der Waals surface area contributed by atoms with E-state index in [9.17, 15) is 4.79 Å². The molecule has 142 valence electrons. The summed E-state index contributed by atoms with van der Waals surface area (Å²) in [5.41, 5.74) is -0.191. The van der Waals surface area contributed by atoms with Gasteiger partial charge >= 0.3 is 0 Å². The van der Waals surface area contributed by atoms with E-state index in [2.05, 4.69) is 16.9 Å². The predicted octanol–water partition coefficient (Wildman–Crippen LogP) is 2.45. The first-order valence-corrected chi connectivity index (χ1v) is 9.07. The second-order valence-electron chi connectivity index (χ2n) is 6.30. The quantitative estimate of drug-likeness (QED) is 0.496. The number of nitrogens with one attached hydrogen (secondary N) is 1. The summed E-state index contributed by atoms with van der Waals surface area (Å²) < 4.78 is 11.5. The van der Waals surface area contributed by atoms with Crippen molar-refractivity contribution in [1.29, 1.82) is 0 Å². The molecule has 0 saturated carbocycles. The Balaban J connectivity index is 2.19. The summed E-state index contributed by atoms with van der Waals surface area (Å²) in [6.45, 7) is 8.81. The largest absolute Gasteiger partial charge is 0.494 e. The van der Waals surface area contributed by atoms with Crippen LogP contribution in [0.5, 0.6) is 5.75 Å². The van der Waals surface area contributed by atoms with Crippen molar-refractivity contribution in [2.24, 2.45) is 4.99 Å². The van der Waals surface area contributed by atoms with Gasteiger partial charge in [0.1, 0.15) is 11.9 Å². The summed E-state index contributed by atoms with van der Waals surface area (Å²) in [6, 6.07) is 7.36. The smallest absolute Gasteiger partial charge is 0.252 e. The van der Waals surface area contributed by atoms with E-state index in [0.717, 1.165) is 12.0 Å². The molecule has 0 fully saturated rings. The number of hydrogen-bond donors (Lipinski definition) is 2. The highest BCUT2D eigenvalue weighted by molar-refractivity contribution is 6.00. The molecule has 6 heteroatoms. The molecular formula is C20H28N2O4. The van der Waals surface area contributed by atoms with Crippen LogP contribution in [0.15, 0.2) is 41.9 Å². The van der Waals surface area contributed by atoms with Crippen LogP contribution >= 0.6 is 0 Å². The standard InChI is InChI=1S/C20H28N2O4/c1-4-11-20(19(24)21-12-5-2)15(3)26-18(22-20)16-7-9-17(10-8-16)25-14-6-13-23/h4,7-10,15,23H,1,5-6,11-14H2,2-3H3,(H,21,24)/t15-,20-/m1/s1. The van der Waals surface area contributed by atoms with Gasteiger partial charge in [0, 0.05) is 31.6 Å². The van der Waals surface area contributed by atoms with Crippen LogP contribution in [-0.4, -0.2) is 48.3 Å². The van der Waals surface area contributed by atoms with Gasteiger partial charge in [-0.1, -0.05) is 13.0 Å². The van der Waals surface area contributed by atoms with Crippen LogP contribution in [0.2, 0.25) is 0 Å². The molecule has 0 saturated heterocycles. The lowest BCUT2D eigenvalue weighted by molar-refractivity contribution is -0.128. The van der Waals surface area contributed by atoms with Crippen molar-refractivity contribution in [3.05, 3.63) is 42.5 Å². The molecule has 1 aromatic carbocycles. The van der Waals surface area contributed by atoms with E-state index in [4.69, 9.17) is 14.6 Å². The van der Waals surface area contributed by atoms with Gasteiger partial charge in [0.2, 0.25) is 5.90 Å². The van der Waals surface area contributed by atoms with Crippen molar-refractivity contribution in [1.82, 2.24) is 5.32 Å². The monoisotopic (exact) mass is 360 g/mol. The maximum atomic E-state index is 12.7. The number of benzene rings is 1. The third-order valence-electron chi connectivity index (χ3n) is 4.32. The number of aliphatic imine (C=N–C) groups is 1. The SMILES string of the molecule is C=CC[C@@]1(C(=O)NCCC)N=C(c2ccc(OCCCO)cc2)O[C@@H]1C. The van der Waals surface area contributed by atoms with Crippen molar-refractivity contribution in [2.75, 3.05) is 19.8 Å². The van der Waals surface area contributed by atoms with Crippen LogP contribution in [0.4, 0.5) is 0 Å². The molecule has 6 nitrogen and oxygen atoms in total. The van der Waals surface area contributed by atoms with Crippen molar-refractivity contribution < 1.29 is 19.4 Å². The molecule has 0 aliphatic carbocycles. The molecule has 2 rings (SSSR count). The van der Waals surface area contributed by atoms with Gasteiger partial charge in [0.05, 0.1) is 6.61 Å². The maximum absolute atomic E-state index is 12.7. The number of hydrogen-bond acceptors (Lipinski definition) is 5. The highest BCUT2D eigenvalue weighted by Gasteiger charge is 2.49. The number of nitrogens with zero attached hydrogens (tertiary/aromatic N) is 1. The highest BCUT2D eigenvalue weighted by atomic mass is 16.5. The molecule has 1 heterocycles. The van der Waals surface area contributed by atoms with E-state index in [1.54, 1.807) is 6.08 Å². The minimum absolute atomic E-state index is 0.103. The minimum Gasteiger partial charge on any atom is -0.494 e. The van der Waals surface area contributed by atoms with Gasteiger partial charge in [-0.3, -0.25) is 4.79 Å². The minimum atomic E-state index is -0.984. The molecule has 1 aliphatic heterocycles. The molecule has 0 aromatic heterocycles. The van der Waals surface area contributed by atoms with Gasteiger partial charge in [0.15, 0.2) is 5.54 Å². The lowest BCUT2D eigenvalue weighted by Crippen LogP contribution is -2.50. The topological polar surface area (TPSA) is 80.2 Å². The first-order chi connectivity index (χ1) is 12.6. The Hall–Kier alpha value is -2.34. The second kappa shape index (κ2) is 9.38. The summed E-state index contributed by atoms with van der Waals surface area (Å²) >= 11 is 0. The number of carbonyl (C=O) groups excluding carboxylic acids is 1. The number of rotatable bonds is 10. The van der Waals surface area contributed by atoms with E-state index in [0.29, 0.717) is 37.6 Å². The van der Waals surface area contributed by atoms with E-state index >= 15 is 0 Å². The molecular weight excluding hydrogens is 332 g/mol. The zero-order valence-electron chi connectivity index (χ0n) is 15.5. The highest BCUT2D eigenvalue weighted by Crippen LogP contribution is 2.32. The first-order valence-electron chi connectivity index (χ1n) is 9.07. The third kappa shape index (κ3) is 4.43. The van der Waals surface area contributed by atoms with Gasteiger partial charge in [-0.2, -0.15) is 0 Å². The zero-order chi connectivity index (χ0) is 19.0. The molecule has 26 heavy (non-hydrogen) atoms. The van der Waals surface area contributed by atoms with E-state index in [1.165, 1.54) is 0 Å². The van der Waals surface area contributed by atoms with Gasteiger partial charge in [-0.25, -0.2) is 4.99 Å². The molecule has 2 N–H and O–H groups in total. The first kappa shape index (κ1) is 20.0. The fourth-order valence-corrected chi connectivity index (χ4v) is 2.80. The lowest BCUT2D eigenvalue weighted by atomic mass is 9.89. The molecule has 2 atom stereocenters. The number of aliphatic hydroxyl groups excluding tert-OH is 1. The zero-order valence-corrected chi connectivity index (χ0v) is 15.5. The van der Waals surface area contributed by atoms with Crippen molar-refractivity contribution in [3.8, 4) is 5.75 Å². The molecule has 0 spiro atoms.